The van der Waals surface area contributed by atoms with Crippen LogP contribution in [-0.4, -0.2) is 47.7 Å². The van der Waals surface area contributed by atoms with Crippen molar-refractivity contribution in [2.75, 3.05) is 31.2 Å². The SMILES string of the molecule is CCc1ccc(-n2c(=O)/c(=C/c3ccc(N4CCOCC4)c([N+](=O)[O-])c3)s/c2=C(/C#N)C(=O)NC(C)C)cc1. The van der Waals surface area contributed by atoms with Crippen LogP contribution in [0.1, 0.15) is 31.9 Å². The topological polar surface area (TPSA) is 130 Å². The molecule has 1 saturated heterocycles. The number of morpholine rings is 1. The number of nitro groups is 1. The largest absolute Gasteiger partial charge is 0.378 e. The van der Waals surface area contributed by atoms with Gasteiger partial charge in [-0.3, -0.25) is 24.3 Å². The van der Waals surface area contributed by atoms with E-state index in [0.29, 0.717) is 43.2 Å². The number of carbonyl (C=O) groups excluding carboxylic acids is 1. The molecule has 3 aromatic rings. The number of hydrogen-bond donors (Lipinski definition) is 1. The van der Waals surface area contributed by atoms with Crippen LogP contribution in [0.2, 0.25) is 0 Å². The number of thiazole rings is 1. The van der Waals surface area contributed by atoms with Crippen molar-refractivity contribution in [1.82, 2.24) is 9.88 Å². The Morgan fingerprint density at radius 3 is 2.51 bits per heavy atom. The average molecular weight is 548 g/mol. The van der Waals surface area contributed by atoms with Crippen LogP contribution in [0.3, 0.4) is 0 Å². The first-order valence-electron chi connectivity index (χ1n) is 12.6. The van der Waals surface area contributed by atoms with Crippen LogP contribution in [0.25, 0.3) is 17.3 Å². The molecule has 1 aromatic heterocycles. The van der Waals surface area contributed by atoms with E-state index in [1.807, 2.05) is 30.0 Å². The van der Waals surface area contributed by atoms with Gasteiger partial charge >= 0.3 is 0 Å². The lowest BCUT2D eigenvalue weighted by Gasteiger charge is -2.28. The predicted octanol–water partition coefficient (Wildman–Crippen LogP) is 2.23. The first-order valence-corrected chi connectivity index (χ1v) is 13.4. The molecule has 0 bridgehead atoms. The van der Waals surface area contributed by atoms with Gasteiger partial charge in [-0.05, 0) is 55.7 Å². The molecule has 4 rings (SSSR count). The minimum absolute atomic E-state index is 0.0708. The number of nitrogens with zero attached hydrogens (tertiary/aromatic N) is 4. The highest BCUT2D eigenvalue weighted by atomic mass is 32.1. The molecule has 0 atom stereocenters. The highest BCUT2D eigenvalue weighted by molar-refractivity contribution is 7.07. The highest BCUT2D eigenvalue weighted by Crippen LogP contribution is 2.30. The maximum Gasteiger partial charge on any atom is 0.293 e. The zero-order valence-corrected chi connectivity index (χ0v) is 22.8. The van der Waals surface area contributed by atoms with Gasteiger partial charge in [-0.15, -0.1) is 11.3 Å². The number of amides is 1. The first-order chi connectivity index (χ1) is 18.7. The van der Waals surface area contributed by atoms with E-state index >= 15 is 0 Å². The second kappa shape index (κ2) is 12.1. The molecule has 2 heterocycles. The summed E-state index contributed by atoms with van der Waals surface area (Å²) in [5.41, 5.74) is 1.86. The number of nitrogens with one attached hydrogen (secondary N) is 1. The molecule has 0 spiro atoms. The van der Waals surface area contributed by atoms with Crippen LogP contribution in [0.5, 0.6) is 0 Å². The molecular weight excluding hydrogens is 518 g/mol. The van der Waals surface area contributed by atoms with E-state index in [1.54, 1.807) is 44.2 Å². The van der Waals surface area contributed by atoms with Crippen molar-refractivity contribution in [3.8, 4) is 11.8 Å². The minimum atomic E-state index is -0.579. The van der Waals surface area contributed by atoms with Crippen molar-refractivity contribution in [3.05, 3.63) is 83.3 Å². The van der Waals surface area contributed by atoms with Crippen molar-refractivity contribution in [3.63, 3.8) is 0 Å². The highest BCUT2D eigenvalue weighted by Gasteiger charge is 2.22. The molecule has 1 N–H and O–H groups in total. The fraction of sp³-hybridized carbons (Fsp3) is 0.321. The zero-order chi connectivity index (χ0) is 28.1. The summed E-state index contributed by atoms with van der Waals surface area (Å²) < 4.78 is 7.14. The summed E-state index contributed by atoms with van der Waals surface area (Å²) in [5, 5.41) is 24.5. The van der Waals surface area contributed by atoms with E-state index in [0.717, 1.165) is 23.3 Å². The second-order valence-electron chi connectivity index (χ2n) is 9.30. The van der Waals surface area contributed by atoms with Crippen molar-refractivity contribution in [2.24, 2.45) is 0 Å². The van der Waals surface area contributed by atoms with Gasteiger partial charge in [0.2, 0.25) is 0 Å². The maximum absolute atomic E-state index is 13.7. The van der Waals surface area contributed by atoms with Crippen molar-refractivity contribution in [1.29, 1.82) is 5.26 Å². The minimum Gasteiger partial charge on any atom is -0.378 e. The fourth-order valence-electron chi connectivity index (χ4n) is 4.29. The third kappa shape index (κ3) is 6.08. The summed E-state index contributed by atoms with van der Waals surface area (Å²) in [5.74, 6) is -0.579. The van der Waals surface area contributed by atoms with Gasteiger partial charge in [-0.1, -0.05) is 25.1 Å². The molecule has 0 unspecified atom stereocenters. The molecule has 1 amide bonds. The van der Waals surface area contributed by atoms with Crippen molar-refractivity contribution < 1.29 is 14.5 Å². The number of nitro benzene ring substituents is 1. The van der Waals surface area contributed by atoms with Gasteiger partial charge < -0.3 is 15.0 Å². The third-order valence-corrected chi connectivity index (χ3v) is 7.34. The summed E-state index contributed by atoms with van der Waals surface area (Å²) in [4.78, 5) is 39.9. The lowest BCUT2D eigenvalue weighted by atomic mass is 10.1. The molecular formula is C28H29N5O5S. The van der Waals surface area contributed by atoms with E-state index in [2.05, 4.69) is 5.32 Å². The number of aromatic nitrogens is 1. The molecule has 39 heavy (non-hydrogen) atoms. The van der Waals surface area contributed by atoms with Crippen LogP contribution in [0.4, 0.5) is 11.4 Å². The van der Waals surface area contributed by atoms with Crippen LogP contribution in [0.15, 0.2) is 47.3 Å². The molecule has 2 aromatic carbocycles. The molecule has 1 fully saturated rings. The summed E-state index contributed by atoms with van der Waals surface area (Å²) >= 11 is 0.998. The van der Waals surface area contributed by atoms with Gasteiger partial charge in [-0.25, -0.2) is 0 Å². The molecule has 11 heteroatoms. The molecule has 1 aliphatic heterocycles. The number of carbonyl (C=O) groups is 1. The van der Waals surface area contributed by atoms with E-state index < -0.39 is 16.4 Å². The van der Waals surface area contributed by atoms with E-state index in [9.17, 15) is 25.0 Å². The number of ether oxygens (including phenoxy) is 1. The Kier molecular flexibility index (Phi) is 8.59. The Bertz CT molecular complexity index is 1610. The number of aryl methyl sites for hydroxylation is 1. The van der Waals surface area contributed by atoms with Crippen LogP contribution in [-0.2, 0) is 16.0 Å². The lowest BCUT2D eigenvalue weighted by molar-refractivity contribution is -0.384. The molecule has 0 saturated carbocycles. The number of anilines is 1. The van der Waals surface area contributed by atoms with Crippen LogP contribution < -0.4 is 25.0 Å². The summed E-state index contributed by atoms with van der Waals surface area (Å²) in [6, 6.07) is 13.9. The fourth-order valence-corrected chi connectivity index (χ4v) is 5.40. The van der Waals surface area contributed by atoms with Gasteiger partial charge in [0.25, 0.3) is 17.2 Å². The molecule has 0 radical (unpaired) electrons. The number of hydrogen-bond acceptors (Lipinski definition) is 8. The third-order valence-electron chi connectivity index (χ3n) is 6.24. The van der Waals surface area contributed by atoms with Crippen molar-refractivity contribution in [2.45, 2.75) is 33.2 Å². The smallest absolute Gasteiger partial charge is 0.293 e. The van der Waals surface area contributed by atoms with Gasteiger partial charge in [0, 0.05) is 25.2 Å². The summed E-state index contributed by atoms with van der Waals surface area (Å²) in [6.07, 6.45) is 2.37. The predicted molar refractivity (Wildman–Crippen MR) is 151 cm³/mol. The Morgan fingerprint density at radius 1 is 1.23 bits per heavy atom. The second-order valence-corrected chi connectivity index (χ2v) is 10.3. The molecule has 10 nitrogen and oxygen atoms in total. The van der Waals surface area contributed by atoms with Crippen LogP contribution in [0, 0.1) is 21.4 Å². The van der Waals surface area contributed by atoms with Gasteiger partial charge in [0.1, 0.15) is 16.4 Å². The average Bonchev–Trinajstić information content (AvgIpc) is 3.24. The van der Waals surface area contributed by atoms with Gasteiger partial charge in [0.15, 0.2) is 5.57 Å². The Morgan fingerprint density at radius 2 is 1.92 bits per heavy atom. The molecule has 202 valence electrons. The van der Waals surface area contributed by atoms with Crippen LogP contribution >= 0.6 is 11.3 Å². The lowest BCUT2D eigenvalue weighted by Crippen LogP contribution is -2.36. The first kappa shape index (κ1) is 27.8. The number of benzene rings is 2. The normalized spacial score (nSPS) is 14.7. The standard InChI is InChI=1S/C28H29N5O5S/c1-4-19-5-8-21(9-6-19)32-27(35)25(39-28(32)22(17-29)26(34)30-18(2)3)16-20-7-10-23(24(15-20)33(36)37)31-11-13-38-14-12-31/h5-10,15-16,18H,4,11-14H2,1-3H3,(H,30,34)/b25-16-,28-22-. The summed E-state index contributed by atoms with van der Waals surface area (Å²) in [7, 11) is 0. The van der Waals surface area contributed by atoms with E-state index in [-0.39, 0.29) is 26.5 Å². The monoisotopic (exact) mass is 547 g/mol. The molecule has 1 aliphatic rings. The Balaban J connectivity index is 1.93. The quantitative estimate of drug-likeness (QED) is 0.355. The Hall–Kier alpha value is -4.27. The number of rotatable bonds is 7. The zero-order valence-electron chi connectivity index (χ0n) is 22.0. The van der Waals surface area contributed by atoms with Gasteiger partial charge in [-0.2, -0.15) is 5.26 Å². The van der Waals surface area contributed by atoms with E-state index in [4.69, 9.17) is 4.74 Å². The number of nitriles is 1. The maximum atomic E-state index is 13.7. The van der Waals surface area contributed by atoms with E-state index in [1.165, 1.54) is 10.6 Å². The van der Waals surface area contributed by atoms with Gasteiger partial charge in [0.05, 0.1) is 28.4 Å². The van der Waals surface area contributed by atoms with Crippen molar-refractivity contribution >= 4 is 40.3 Å². The Labute approximate surface area is 229 Å². The summed E-state index contributed by atoms with van der Waals surface area (Å²) in [6.45, 7) is 7.66. The molecule has 0 aliphatic carbocycles.